The normalized spacial score (nSPS) is 20.5. The zero-order chi connectivity index (χ0) is 22.6. The Balaban J connectivity index is 1.32. The highest BCUT2D eigenvalue weighted by atomic mass is 16.6. The molecule has 0 radical (unpaired) electrons. The lowest BCUT2D eigenvalue weighted by molar-refractivity contribution is -0.158. The molecule has 0 bridgehead atoms. The summed E-state index contributed by atoms with van der Waals surface area (Å²) < 4.78 is 11.0. The summed E-state index contributed by atoms with van der Waals surface area (Å²) in [6.07, 6.45) is 5.56. The summed E-state index contributed by atoms with van der Waals surface area (Å²) in [5.41, 5.74) is 3.95. The number of ether oxygens (including phenoxy) is 2. The Morgan fingerprint density at radius 2 is 1.94 bits per heavy atom. The predicted molar refractivity (Wildman–Crippen MR) is 127 cm³/mol. The third kappa shape index (κ3) is 4.72. The molecule has 2 aromatic rings. The number of carbonyl (C=O) groups is 1. The summed E-state index contributed by atoms with van der Waals surface area (Å²) in [5, 5.41) is 18.5. The van der Waals surface area contributed by atoms with Gasteiger partial charge >= 0.3 is 0 Å². The number of fused-ring (bicyclic) bond motifs is 1. The van der Waals surface area contributed by atoms with E-state index in [4.69, 9.17) is 14.7 Å². The average molecular weight is 445 g/mol. The van der Waals surface area contributed by atoms with Crippen LogP contribution >= 0.6 is 0 Å². The highest BCUT2D eigenvalue weighted by Crippen LogP contribution is 2.22. The first kappa shape index (κ1) is 21.5. The van der Waals surface area contributed by atoms with E-state index in [1.165, 1.54) is 5.22 Å². The second-order valence-electron chi connectivity index (χ2n) is 8.65. The van der Waals surface area contributed by atoms with Crippen molar-refractivity contribution < 1.29 is 14.3 Å². The van der Waals surface area contributed by atoms with E-state index < -0.39 is 6.10 Å². The molecule has 3 aliphatic rings. The van der Waals surface area contributed by atoms with Gasteiger partial charge in [-0.05, 0) is 53.5 Å². The molecule has 33 heavy (non-hydrogen) atoms. The standard InChI is InChI=1S/C26H28N4O3/c27-15-18-1-3-19(4-2-18)21-13-20-5-8-28-16-23(20)24(14-21)29-22-6-9-30(10-7-22)26(31)25-17-32-11-12-33-25/h1-5,13-14,16,22,25,28-29H,6-12,17H2. The molecule has 7 heteroatoms. The van der Waals surface area contributed by atoms with Crippen LogP contribution in [0.3, 0.4) is 0 Å². The summed E-state index contributed by atoms with van der Waals surface area (Å²) in [7, 11) is 0. The van der Waals surface area contributed by atoms with Gasteiger partial charge in [-0.3, -0.25) is 4.79 Å². The molecule has 3 aliphatic heterocycles. The lowest BCUT2D eigenvalue weighted by atomic mass is 9.99. The first-order valence-corrected chi connectivity index (χ1v) is 11.5. The maximum atomic E-state index is 12.7. The number of hydrogen-bond acceptors (Lipinski definition) is 6. The topological polar surface area (TPSA) is 86.6 Å². The van der Waals surface area contributed by atoms with E-state index in [9.17, 15) is 4.79 Å². The van der Waals surface area contributed by atoms with Crippen LogP contribution in [0.15, 0.2) is 36.4 Å². The monoisotopic (exact) mass is 444 g/mol. The summed E-state index contributed by atoms with van der Waals surface area (Å²) in [5.74, 6) is 0.0421. The second-order valence-corrected chi connectivity index (χ2v) is 8.65. The summed E-state index contributed by atoms with van der Waals surface area (Å²) in [6, 6.07) is 14.5. The van der Waals surface area contributed by atoms with Gasteiger partial charge in [-0.2, -0.15) is 5.26 Å². The average Bonchev–Trinajstić information content (AvgIpc) is 2.89. The van der Waals surface area contributed by atoms with Crippen molar-refractivity contribution in [3.63, 3.8) is 0 Å². The number of nitriles is 1. The molecule has 0 spiro atoms. The minimum atomic E-state index is -0.462. The van der Waals surface area contributed by atoms with Crippen molar-refractivity contribution in [1.82, 2.24) is 10.2 Å². The Labute approximate surface area is 193 Å². The summed E-state index contributed by atoms with van der Waals surface area (Å²) in [6.45, 7) is 3.62. The Kier molecular flexibility index (Phi) is 6.29. The van der Waals surface area contributed by atoms with Gasteiger partial charge in [-0.25, -0.2) is 0 Å². The molecule has 0 saturated carbocycles. The van der Waals surface area contributed by atoms with Crippen LogP contribution in [0.25, 0.3) is 23.4 Å². The number of amides is 1. The van der Waals surface area contributed by atoms with Gasteiger partial charge in [-0.1, -0.05) is 18.2 Å². The number of benzene rings is 2. The molecule has 2 saturated heterocycles. The van der Waals surface area contributed by atoms with Crippen LogP contribution in [0.4, 0.5) is 5.69 Å². The number of nitrogens with one attached hydrogen (secondary N) is 2. The minimum Gasteiger partial charge on any atom is -0.387 e. The van der Waals surface area contributed by atoms with Gasteiger partial charge in [0, 0.05) is 42.8 Å². The smallest absolute Gasteiger partial charge is 0.254 e. The molecular weight excluding hydrogens is 416 g/mol. The molecule has 7 nitrogen and oxygen atoms in total. The highest BCUT2D eigenvalue weighted by Gasteiger charge is 2.30. The summed E-state index contributed by atoms with van der Waals surface area (Å²) in [4.78, 5) is 14.6. The van der Waals surface area contributed by atoms with Crippen LogP contribution in [0.1, 0.15) is 18.4 Å². The fraction of sp³-hybridized carbons (Fsp3) is 0.385. The highest BCUT2D eigenvalue weighted by molar-refractivity contribution is 5.81. The zero-order valence-electron chi connectivity index (χ0n) is 18.5. The van der Waals surface area contributed by atoms with E-state index in [-0.39, 0.29) is 11.9 Å². The molecule has 1 amide bonds. The first-order valence-electron chi connectivity index (χ1n) is 11.5. The number of carbonyl (C=O) groups excluding carboxylic acids is 1. The van der Waals surface area contributed by atoms with E-state index in [0.717, 1.165) is 41.4 Å². The van der Waals surface area contributed by atoms with Gasteiger partial charge in [0.15, 0.2) is 6.10 Å². The Hall–Kier alpha value is -3.34. The second kappa shape index (κ2) is 9.65. The molecule has 0 aromatic heterocycles. The van der Waals surface area contributed by atoms with Crippen molar-refractivity contribution in [2.75, 3.05) is 44.8 Å². The van der Waals surface area contributed by atoms with Crippen molar-refractivity contribution >= 4 is 23.9 Å². The number of hydrogen-bond donors (Lipinski definition) is 2. The number of anilines is 1. The molecule has 2 fully saturated rings. The number of nitrogens with zero attached hydrogens (tertiary/aromatic N) is 2. The van der Waals surface area contributed by atoms with E-state index in [0.29, 0.717) is 38.5 Å². The van der Waals surface area contributed by atoms with Crippen molar-refractivity contribution in [1.29, 1.82) is 5.26 Å². The fourth-order valence-corrected chi connectivity index (χ4v) is 4.66. The van der Waals surface area contributed by atoms with Gasteiger partial charge in [0.1, 0.15) is 0 Å². The first-order chi connectivity index (χ1) is 16.2. The lowest BCUT2D eigenvalue weighted by Crippen LogP contribution is -2.50. The number of piperidine rings is 1. The van der Waals surface area contributed by atoms with Gasteiger partial charge in [0.2, 0.25) is 0 Å². The molecule has 5 rings (SSSR count). The lowest BCUT2D eigenvalue weighted by Gasteiger charge is -2.35. The molecule has 2 N–H and O–H groups in total. The van der Waals surface area contributed by atoms with Crippen molar-refractivity contribution in [2.24, 2.45) is 0 Å². The van der Waals surface area contributed by atoms with E-state index in [1.807, 2.05) is 29.2 Å². The maximum Gasteiger partial charge on any atom is 0.254 e. The molecule has 3 heterocycles. The van der Waals surface area contributed by atoms with Crippen LogP contribution in [0.2, 0.25) is 0 Å². The van der Waals surface area contributed by atoms with Gasteiger partial charge < -0.3 is 25.0 Å². The number of likely N-dealkylation sites (tertiary alicyclic amines) is 1. The van der Waals surface area contributed by atoms with E-state index in [2.05, 4.69) is 41.1 Å². The van der Waals surface area contributed by atoms with Crippen molar-refractivity contribution in [2.45, 2.75) is 25.0 Å². The largest absolute Gasteiger partial charge is 0.387 e. The maximum absolute atomic E-state index is 12.7. The third-order valence-electron chi connectivity index (χ3n) is 6.50. The van der Waals surface area contributed by atoms with Crippen LogP contribution in [-0.4, -0.2) is 62.4 Å². The molecular formula is C26H28N4O3. The minimum absolute atomic E-state index is 0.0421. The SMILES string of the molecule is N#Cc1ccc(-c2cc(NC3CCN(C(=O)C4COCCO4)CC3)c3c(c2)=CCNC=3)cc1. The summed E-state index contributed by atoms with van der Waals surface area (Å²) >= 11 is 0. The van der Waals surface area contributed by atoms with Gasteiger partial charge in [0.05, 0.1) is 31.5 Å². The van der Waals surface area contributed by atoms with Gasteiger partial charge in [0.25, 0.3) is 5.91 Å². The van der Waals surface area contributed by atoms with Crippen molar-refractivity contribution in [3.8, 4) is 17.2 Å². The van der Waals surface area contributed by atoms with Crippen molar-refractivity contribution in [3.05, 3.63) is 52.4 Å². The Morgan fingerprint density at radius 3 is 2.67 bits per heavy atom. The molecule has 1 atom stereocenters. The van der Waals surface area contributed by atoms with Crippen LogP contribution in [-0.2, 0) is 14.3 Å². The van der Waals surface area contributed by atoms with Crippen LogP contribution in [0.5, 0.6) is 0 Å². The Morgan fingerprint density at radius 1 is 1.12 bits per heavy atom. The Bertz CT molecular complexity index is 1170. The van der Waals surface area contributed by atoms with Crippen LogP contribution < -0.4 is 21.1 Å². The number of rotatable bonds is 4. The molecule has 170 valence electrons. The fourth-order valence-electron chi connectivity index (χ4n) is 4.66. The third-order valence-corrected chi connectivity index (χ3v) is 6.50. The predicted octanol–water partition coefficient (Wildman–Crippen LogP) is 1.17. The molecule has 1 unspecified atom stereocenters. The zero-order valence-corrected chi connectivity index (χ0v) is 18.5. The molecule has 0 aliphatic carbocycles. The quantitative estimate of drug-likeness (QED) is 0.736. The van der Waals surface area contributed by atoms with Crippen LogP contribution in [0, 0.1) is 11.3 Å². The van der Waals surface area contributed by atoms with Gasteiger partial charge in [-0.15, -0.1) is 0 Å². The molecule has 2 aromatic carbocycles. The van der Waals surface area contributed by atoms with E-state index >= 15 is 0 Å². The van der Waals surface area contributed by atoms with E-state index in [1.54, 1.807) is 0 Å².